The van der Waals surface area contributed by atoms with Crippen LogP contribution >= 0.6 is 24.0 Å². The van der Waals surface area contributed by atoms with E-state index in [1.165, 1.54) is 6.26 Å². The fraction of sp³-hybridized carbons (Fsp3) is 0.400. The van der Waals surface area contributed by atoms with Crippen molar-refractivity contribution in [1.29, 1.82) is 0 Å². The number of aryl methyl sites for hydroxylation is 1. The van der Waals surface area contributed by atoms with Crippen molar-refractivity contribution in [2.75, 3.05) is 31.8 Å². The minimum absolute atomic E-state index is 0. The van der Waals surface area contributed by atoms with Crippen LogP contribution in [0, 0.1) is 6.92 Å². The monoisotopic (exact) mass is 531 g/mol. The van der Waals surface area contributed by atoms with E-state index in [2.05, 4.69) is 20.6 Å². The van der Waals surface area contributed by atoms with E-state index in [4.69, 9.17) is 0 Å². The number of halogens is 1. The first-order chi connectivity index (χ1) is 13.2. The lowest BCUT2D eigenvalue weighted by molar-refractivity contribution is 0.601. The van der Waals surface area contributed by atoms with Crippen LogP contribution in [0.5, 0.6) is 0 Å². The number of sulfone groups is 1. The van der Waals surface area contributed by atoms with Gasteiger partial charge in [-0.25, -0.2) is 18.4 Å². The molecule has 9 heteroatoms. The van der Waals surface area contributed by atoms with Crippen molar-refractivity contribution >= 4 is 45.6 Å². The summed E-state index contributed by atoms with van der Waals surface area (Å²) in [5.41, 5.74) is 2.77. The van der Waals surface area contributed by atoms with Gasteiger partial charge >= 0.3 is 0 Å². The van der Waals surface area contributed by atoms with Crippen molar-refractivity contribution < 1.29 is 8.42 Å². The van der Waals surface area contributed by atoms with Gasteiger partial charge in [0.2, 0.25) is 0 Å². The van der Waals surface area contributed by atoms with Gasteiger partial charge in [-0.1, -0.05) is 18.2 Å². The summed E-state index contributed by atoms with van der Waals surface area (Å²) in [6.07, 6.45) is 3.00. The number of aromatic nitrogens is 1. The van der Waals surface area contributed by atoms with Gasteiger partial charge in [0, 0.05) is 45.2 Å². The van der Waals surface area contributed by atoms with E-state index in [1.807, 2.05) is 50.2 Å². The lowest BCUT2D eigenvalue weighted by Gasteiger charge is -2.17. The summed E-state index contributed by atoms with van der Waals surface area (Å²) in [7, 11) is 0.721. The van der Waals surface area contributed by atoms with Gasteiger partial charge in [-0.3, -0.25) is 0 Å². The maximum absolute atomic E-state index is 11.8. The molecular formula is C20H30IN5O2S. The highest BCUT2D eigenvalue weighted by Gasteiger charge is 2.11. The smallest absolute Gasteiger partial charge is 0.191 e. The molecule has 0 saturated carbocycles. The van der Waals surface area contributed by atoms with Gasteiger partial charge in [-0.2, -0.15) is 0 Å². The number of anilines is 1. The summed E-state index contributed by atoms with van der Waals surface area (Å²) in [5.74, 6) is 1.61. The molecule has 29 heavy (non-hydrogen) atoms. The zero-order chi connectivity index (χ0) is 20.7. The van der Waals surface area contributed by atoms with Gasteiger partial charge in [-0.15, -0.1) is 24.0 Å². The summed E-state index contributed by atoms with van der Waals surface area (Å²) < 4.78 is 23.5. The lowest BCUT2D eigenvalue weighted by Crippen LogP contribution is -2.37. The molecule has 0 radical (unpaired) electrons. The Morgan fingerprint density at radius 1 is 1.21 bits per heavy atom. The third-order valence-electron chi connectivity index (χ3n) is 4.14. The minimum atomic E-state index is -3.21. The molecule has 1 aromatic heterocycles. The number of benzene rings is 1. The maximum atomic E-state index is 11.8. The number of nitrogens with one attached hydrogen (secondary N) is 2. The molecule has 2 rings (SSSR count). The summed E-state index contributed by atoms with van der Waals surface area (Å²) in [6.45, 7) is 5.61. The minimum Gasteiger partial charge on any atom is -0.362 e. The van der Waals surface area contributed by atoms with Crippen molar-refractivity contribution in [2.45, 2.75) is 31.8 Å². The largest absolute Gasteiger partial charge is 0.362 e. The van der Waals surface area contributed by atoms with Crippen molar-refractivity contribution in [3.63, 3.8) is 0 Å². The van der Waals surface area contributed by atoms with Crippen molar-refractivity contribution in [3.05, 3.63) is 53.2 Å². The molecular weight excluding hydrogens is 501 g/mol. The third kappa shape index (κ3) is 7.46. The predicted molar refractivity (Wildman–Crippen MR) is 130 cm³/mol. The second kappa shape index (κ2) is 11.3. The SMILES string of the molecule is CCNC(=NCc1ccc(S(C)(=O)=O)c(C)c1)NCc1cccnc1N(C)C.I. The second-order valence-electron chi connectivity index (χ2n) is 6.80. The quantitative estimate of drug-likeness (QED) is 0.325. The van der Waals surface area contributed by atoms with Gasteiger partial charge in [0.05, 0.1) is 11.4 Å². The highest BCUT2D eigenvalue weighted by Crippen LogP contribution is 2.17. The molecule has 2 aromatic rings. The molecule has 1 heterocycles. The van der Waals surface area contributed by atoms with Crippen molar-refractivity contribution in [3.8, 4) is 0 Å². The highest BCUT2D eigenvalue weighted by atomic mass is 127. The lowest BCUT2D eigenvalue weighted by atomic mass is 10.1. The van der Waals surface area contributed by atoms with Gasteiger partial charge < -0.3 is 15.5 Å². The van der Waals surface area contributed by atoms with Crippen LogP contribution in [0.1, 0.15) is 23.6 Å². The van der Waals surface area contributed by atoms with E-state index >= 15 is 0 Å². The first-order valence-electron chi connectivity index (χ1n) is 9.15. The molecule has 0 unspecified atom stereocenters. The van der Waals surface area contributed by atoms with Crippen LogP contribution < -0.4 is 15.5 Å². The molecule has 0 atom stereocenters. The number of nitrogens with zero attached hydrogens (tertiary/aromatic N) is 3. The molecule has 160 valence electrons. The van der Waals surface area contributed by atoms with Crippen LogP contribution in [0.25, 0.3) is 0 Å². The highest BCUT2D eigenvalue weighted by molar-refractivity contribution is 14.0. The predicted octanol–water partition coefficient (Wildman–Crippen LogP) is 2.73. The van der Waals surface area contributed by atoms with Crippen LogP contribution in [0.15, 0.2) is 46.4 Å². The molecule has 2 N–H and O–H groups in total. The standard InChI is InChI=1S/C20H29N5O2S.HI/c1-6-21-20(24-14-17-8-7-11-22-19(17)25(3)4)23-13-16-9-10-18(15(2)12-16)28(5,26)27;/h7-12H,6,13-14H2,1-5H3,(H2,21,23,24);1H. The number of hydrogen-bond donors (Lipinski definition) is 2. The van der Waals surface area contributed by atoms with E-state index in [9.17, 15) is 8.42 Å². The molecule has 1 aromatic carbocycles. The molecule has 0 fully saturated rings. The van der Waals surface area contributed by atoms with Crippen molar-refractivity contribution in [1.82, 2.24) is 15.6 Å². The molecule has 7 nitrogen and oxygen atoms in total. The van der Waals surface area contributed by atoms with Crippen LogP contribution in [-0.4, -0.2) is 46.3 Å². The topological polar surface area (TPSA) is 86.7 Å². The van der Waals surface area contributed by atoms with Gasteiger partial charge in [-0.05, 0) is 37.1 Å². The van der Waals surface area contributed by atoms with E-state index in [0.717, 1.165) is 29.1 Å². The Balaban J connectivity index is 0.00000420. The Kier molecular flexibility index (Phi) is 9.84. The van der Waals surface area contributed by atoms with E-state index in [1.54, 1.807) is 19.2 Å². The summed E-state index contributed by atoms with van der Waals surface area (Å²) >= 11 is 0. The van der Waals surface area contributed by atoms with Crippen LogP contribution in [-0.2, 0) is 22.9 Å². The van der Waals surface area contributed by atoms with Crippen molar-refractivity contribution in [2.24, 2.45) is 4.99 Å². The van der Waals surface area contributed by atoms with Crippen LogP contribution in [0.2, 0.25) is 0 Å². The van der Waals surface area contributed by atoms with Crippen LogP contribution in [0.4, 0.5) is 5.82 Å². The molecule has 0 aliphatic carbocycles. The molecule has 0 aliphatic rings. The Morgan fingerprint density at radius 2 is 1.93 bits per heavy atom. The Hall–Kier alpha value is -1.88. The fourth-order valence-electron chi connectivity index (χ4n) is 2.89. The summed E-state index contributed by atoms with van der Waals surface area (Å²) in [6, 6.07) is 9.28. The molecule has 0 bridgehead atoms. The Labute approximate surface area is 191 Å². The fourth-order valence-corrected chi connectivity index (χ4v) is 3.85. The van der Waals surface area contributed by atoms with E-state index in [0.29, 0.717) is 23.9 Å². The average Bonchev–Trinajstić information content (AvgIpc) is 2.63. The van der Waals surface area contributed by atoms with Gasteiger partial charge in [0.1, 0.15) is 5.82 Å². The third-order valence-corrected chi connectivity index (χ3v) is 5.40. The summed E-state index contributed by atoms with van der Waals surface area (Å²) in [5, 5.41) is 6.56. The zero-order valence-corrected chi connectivity index (χ0v) is 20.7. The zero-order valence-electron chi connectivity index (χ0n) is 17.6. The Bertz CT molecular complexity index is 946. The number of pyridine rings is 1. The van der Waals surface area contributed by atoms with E-state index < -0.39 is 9.84 Å². The second-order valence-corrected chi connectivity index (χ2v) is 8.79. The first-order valence-corrected chi connectivity index (χ1v) is 11.0. The van der Waals surface area contributed by atoms with Crippen LogP contribution in [0.3, 0.4) is 0 Å². The molecule has 0 saturated heterocycles. The maximum Gasteiger partial charge on any atom is 0.191 e. The number of rotatable bonds is 7. The summed E-state index contributed by atoms with van der Waals surface area (Å²) in [4.78, 5) is 11.4. The number of guanidine groups is 1. The number of hydrogen-bond acceptors (Lipinski definition) is 5. The Morgan fingerprint density at radius 3 is 2.52 bits per heavy atom. The van der Waals surface area contributed by atoms with E-state index in [-0.39, 0.29) is 24.0 Å². The molecule has 0 amide bonds. The number of aliphatic imine (C=N–C) groups is 1. The molecule has 0 spiro atoms. The van der Waals surface area contributed by atoms with Gasteiger partial charge in [0.15, 0.2) is 15.8 Å². The first kappa shape index (κ1) is 25.2. The normalized spacial score (nSPS) is 11.6. The molecule has 0 aliphatic heterocycles. The van der Waals surface area contributed by atoms with Gasteiger partial charge in [0.25, 0.3) is 0 Å². The average molecular weight is 531 g/mol.